The van der Waals surface area contributed by atoms with Crippen molar-refractivity contribution < 1.29 is 9.15 Å². The first-order valence-corrected chi connectivity index (χ1v) is 2.67. The standard InChI is InChI=1S/C6H5NO2/c1-2-8-3-5-6(1)9-4-7-5/h1-2,4H,3H2. The fourth-order valence-electron chi connectivity index (χ4n) is 0.759. The zero-order chi connectivity index (χ0) is 6.10. The van der Waals surface area contributed by atoms with Crippen molar-refractivity contribution in [2.75, 3.05) is 0 Å². The quantitative estimate of drug-likeness (QED) is 0.519. The van der Waals surface area contributed by atoms with Gasteiger partial charge in [0.25, 0.3) is 0 Å². The monoisotopic (exact) mass is 123 g/mol. The Labute approximate surface area is 52.0 Å². The summed E-state index contributed by atoms with van der Waals surface area (Å²) >= 11 is 0. The lowest BCUT2D eigenvalue weighted by atomic mass is 10.3. The molecule has 46 valence electrons. The first-order chi connectivity index (χ1) is 4.47. The van der Waals surface area contributed by atoms with Gasteiger partial charge in [0.15, 0.2) is 12.2 Å². The third kappa shape index (κ3) is 0.614. The average molecular weight is 123 g/mol. The Kier molecular flexibility index (Phi) is 0.828. The molecule has 1 aliphatic heterocycles. The molecule has 3 heteroatoms. The summed E-state index contributed by atoms with van der Waals surface area (Å²) in [7, 11) is 0. The van der Waals surface area contributed by atoms with Crippen LogP contribution in [0.5, 0.6) is 0 Å². The molecule has 0 unspecified atom stereocenters. The van der Waals surface area contributed by atoms with E-state index in [-0.39, 0.29) is 0 Å². The third-order valence-corrected chi connectivity index (χ3v) is 1.21. The molecule has 0 bridgehead atoms. The minimum absolute atomic E-state index is 0.530. The predicted molar refractivity (Wildman–Crippen MR) is 30.3 cm³/mol. The molecule has 1 aromatic rings. The SMILES string of the molecule is C1=Cc2ocnc2CO1. The van der Waals surface area contributed by atoms with Crippen LogP contribution in [-0.2, 0) is 11.3 Å². The van der Waals surface area contributed by atoms with Gasteiger partial charge in [-0.1, -0.05) is 0 Å². The summed E-state index contributed by atoms with van der Waals surface area (Å²) in [5, 5.41) is 0. The van der Waals surface area contributed by atoms with Crippen LogP contribution in [-0.4, -0.2) is 4.98 Å². The van der Waals surface area contributed by atoms with Gasteiger partial charge in [-0.3, -0.25) is 0 Å². The van der Waals surface area contributed by atoms with E-state index in [1.165, 1.54) is 6.39 Å². The van der Waals surface area contributed by atoms with Crippen LogP contribution in [0.25, 0.3) is 6.08 Å². The van der Waals surface area contributed by atoms with Crippen LogP contribution in [0.3, 0.4) is 0 Å². The lowest BCUT2D eigenvalue weighted by Crippen LogP contribution is -1.93. The van der Waals surface area contributed by atoms with Crippen LogP contribution >= 0.6 is 0 Å². The second-order valence-electron chi connectivity index (χ2n) is 1.78. The number of hydrogen-bond donors (Lipinski definition) is 0. The van der Waals surface area contributed by atoms with Gasteiger partial charge in [-0.15, -0.1) is 0 Å². The number of hydrogen-bond acceptors (Lipinski definition) is 3. The van der Waals surface area contributed by atoms with Crippen molar-refractivity contribution in [3.63, 3.8) is 0 Å². The van der Waals surface area contributed by atoms with Crippen molar-refractivity contribution in [2.45, 2.75) is 6.61 Å². The van der Waals surface area contributed by atoms with E-state index in [2.05, 4.69) is 4.98 Å². The smallest absolute Gasteiger partial charge is 0.181 e. The third-order valence-electron chi connectivity index (χ3n) is 1.21. The highest BCUT2D eigenvalue weighted by atomic mass is 16.5. The molecule has 0 aromatic carbocycles. The lowest BCUT2D eigenvalue weighted by Gasteiger charge is -2.01. The van der Waals surface area contributed by atoms with E-state index in [1.807, 2.05) is 0 Å². The van der Waals surface area contributed by atoms with Crippen LogP contribution in [0.15, 0.2) is 17.1 Å². The fraction of sp³-hybridized carbons (Fsp3) is 0.167. The highest BCUT2D eigenvalue weighted by molar-refractivity contribution is 5.45. The maximum atomic E-state index is 4.98. The second-order valence-corrected chi connectivity index (χ2v) is 1.78. The zero-order valence-corrected chi connectivity index (χ0v) is 4.70. The summed E-state index contributed by atoms with van der Waals surface area (Å²) in [5.41, 5.74) is 0.873. The number of fused-ring (bicyclic) bond motifs is 1. The Hall–Kier alpha value is -1.25. The molecule has 0 atom stereocenters. The highest BCUT2D eigenvalue weighted by Crippen LogP contribution is 2.14. The normalized spacial score (nSPS) is 14.7. The highest BCUT2D eigenvalue weighted by Gasteiger charge is 2.07. The molecule has 9 heavy (non-hydrogen) atoms. The van der Waals surface area contributed by atoms with Crippen molar-refractivity contribution in [3.8, 4) is 0 Å². The minimum atomic E-state index is 0.530. The van der Waals surface area contributed by atoms with Crippen LogP contribution < -0.4 is 0 Å². The summed E-state index contributed by atoms with van der Waals surface area (Å²) in [4.78, 5) is 3.91. The van der Waals surface area contributed by atoms with Gasteiger partial charge in [0, 0.05) is 6.08 Å². The molecular weight excluding hydrogens is 118 g/mol. The summed E-state index contributed by atoms with van der Waals surface area (Å²) in [5.74, 6) is 0.807. The summed E-state index contributed by atoms with van der Waals surface area (Å²) in [6.07, 6.45) is 4.78. The van der Waals surface area contributed by atoms with Gasteiger partial charge >= 0.3 is 0 Å². The Bertz CT molecular complexity index is 239. The maximum absolute atomic E-state index is 4.98. The Morgan fingerprint density at radius 3 is 3.44 bits per heavy atom. The largest absolute Gasteiger partial charge is 0.495 e. The van der Waals surface area contributed by atoms with Gasteiger partial charge in [-0.05, 0) is 0 Å². The Morgan fingerprint density at radius 1 is 1.56 bits per heavy atom. The molecule has 2 heterocycles. The number of aromatic nitrogens is 1. The van der Waals surface area contributed by atoms with Crippen molar-refractivity contribution in [2.24, 2.45) is 0 Å². The van der Waals surface area contributed by atoms with E-state index in [0.29, 0.717) is 6.61 Å². The molecule has 0 N–H and O–H groups in total. The molecule has 3 nitrogen and oxygen atoms in total. The molecule has 0 aliphatic carbocycles. The van der Waals surface area contributed by atoms with E-state index in [4.69, 9.17) is 9.15 Å². The first-order valence-electron chi connectivity index (χ1n) is 2.67. The van der Waals surface area contributed by atoms with Crippen LogP contribution in [0.1, 0.15) is 11.5 Å². The van der Waals surface area contributed by atoms with E-state index >= 15 is 0 Å². The molecule has 2 rings (SSSR count). The number of nitrogens with zero attached hydrogens (tertiary/aromatic N) is 1. The second kappa shape index (κ2) is 1.62. The zero-order valence-electron chi connectivity index (χ0n) is 4.70. The molecular formula is C6H5NO2. The van der Waals surface area contributed by atoms with E-state index in [0.717, 1.165) is 11.5 Å². The van der Waals surface area contributed by atoms with Crippen LogP contribution in [0, 0.1) is 0 Å². The van der Waals surface area contributed by atoms with Gasteiger partial charge in [0.2, 0.25) is 0 Å². The number of oxazole rings is 1. The Morgan fingerprint density at radius 2 is 2.56 bits per heavy atom. The molecule has 0 radical (unpaired) electrons. The van der Waals surface area contributed by atoms with E-state index < -0.39 is 0 Å². The molecule has 0 amide bonds. The summed E-state index contributed by atoms with van der Waals surface area (Å²) < 4.78 is 9.93. The van der Waals surface area contributed by atoms with Gasteiger partial charge in [-0.25, -0.2) is 4.98 Å². The Balaban J connectivity index is 2.53. The van der Waals surface area contributed by atoms with Gasteiger partial charge in [0.1, 0.15) is 12.3 Å². The van der Waals surface area contributed by atoms with Crippen molar-refractivity contribution in [1.29, 1.82) is 0 Å². The molecule has 1 aliphatic rings. The average Bonchev–Trinajstić information content (AvgIpc) is 2.33. The van der Waals surface area contributed by atoms with Gasteiger partial charge in [-0.2, -0.15) is 0 Å². The number of ether oxygens (including phenoxy) is 1. The van der Waals surface area contributed by atoms with Crippen molar-refractivity contribution >= 4 is 6.08 Å². The minimum Gasteiger partial charge on any atom is -0.495 e. The summed E-state index contributed by atoms with van der Waals surface area (Å²) in [6, 6.07) is 0. The molecule has 0 spiro atoms. The fourth-order valence-corrected chi connectivity index (χ4v) is 0.759. The van der Waals surface area contributed by atoms with Gasteiger partial charge < -0.3 is 9.15 Å². The predicted octanol–water partition coefficient (Wildman–Crippen LogP) is 1.18. The molecule has 0 fully saturated rings. The van der Waals surface area contributed by atoms with E-state index in [1.54, 1.807) is 12.3 Å². The van der Waals surface area contributed by atoms with Crippen LogP contribution in [0.2, 0.25) is 0 Å². The first kappa shape index (κ1) is 4.61. The lowest BCUT2D eigenvalue weighted by molar-refractivity contribution is 0.228. The molecule has 1 aromatic heterocycles. The molecule has 0 saturated carbocycles. The molecule has 0 saturated heterocycles. The van der Waals surface area contributed by atoms with Crippen LogP contribution in [0.4, 0.5) is 0 Å². The maximum Gasteiger partial charge on any atom is 0.181 e. The summed E-state index contributed by atoms with van der Waals surface area (Å²) in [6.45, 7) is 0.530. The number of rotatable bonds is 0. The van der Waals surface area contributed by atoms with Gasteiger partial charge in [0.05, 0.1) is 6.26 Å². The van der Waals surface area contributed by atoms with E-state index in [9.17, 15) is 0 Å². The van der Waals surface area contributed by atoms with Crippen molar-refractivity contribution in [3.05, 3.63) is 24.1 Å². The topological polar surface area (TPSA) is 35.3 Å². The van der Waals surface area contributed by atoms with Crippen molar-refractivity contribution in [1.82, 2.24) is 4.98 Å².